The lowest BCUT2D eigenvalue weighted by Crippen LogP contribution is -2.61. The summed E-state index contributed by atoms with van der Waals surface area (Å²) in [4.78, 5) is 45.8. The van der Waals surface area contributed by atoms with Gasteiger partial charge in [-0.2, -0.15) is 5.26 Å². The number of esters is 4. The summed E-state index contributed by atoms with van der Waals surface area (Å²) < 4.78 is 26.4. The van der Waals surface area contributed by atoms with Crippen LogP contribution in [0.1, 0.15) is 27.7 Å². The van der Waals surface area contributed by atoms with E-state index in [9.17, 15) is 19.2 Å². The Balaban J connectivity index is 3.25. The van der Waals surface area contributed by atoms with E-state index in [0.717, 1.165) is 32.5 Å². The van der Waals surface area contributed by atoms with Gasteiger partial charge in [0, 0.05) is 27.7 Å². The Morgan fingerprint density at radius 3 is 1.89 bits per heavy atom. The average Bonchev–Trinajstić information content (AvgIpc) is 2.54. The quantitative estimate of drug-likeness (QED) is 0.429. The minimum absolute atomic E-state index is 0.00621. The SMILES string of the molecule is CC(=O)OC[C@@H]1O[C@H](SCC#N)[C@H](OC(C)=O)[C@@H](OC(C)=O)[C@@H]1OC(C)=O. The molecule has 0 aromatic rings. The summed E-state index contributed by atoms with van der Waals surface area (Å²) in [7, 11) is 0. The van der Waals surface area contributed by atoms with E-state index in [2.05, 4.69) is 0 Å². The van der Waals surface area contributed by atoms with Crippen LogP contribution in [-0.4, -0.2) is 66.1 Å². The maximum Gasteiger partial charge on any atom is 0.303 e. The Bertz CT molecular complexity index is 618. The van der Waals surface area contributed by atoms with Gasteiger partial charge in [-0.1, -0.05) is 0 Å². The molecule has 1 saturated heterocycles. The topological polar surface area (TPSA) is 138 Å². The van der Waals surface area contributed by atoms with Crippen LogP contribution in [0.25, 0.3) is 0 Å². The van der Waals surface area contributed by atoms with Crippen molar-refractivity contribution in [2.75, 3.05) is 12.4 Å². The van der Waals surface area contributed by atoms with Crippen molar-refractivity contribution in [2.45, 2.75) is 57.5 Å². The summed E-state index contributed by atoms with van der Waals surface area (Å²) in [6.07, 6.45) is -4.53. The van der Waals surface area contributed by atoms with Gasteiger partial charge >= 0.3 is 23.9 Å². The first kappa shape index (κ1) is 22.7. The van der Waals surface area contributed by atoms with Crippen molar-refractivity contribution in [3.8, 4) is 6.07 Å². The summed E-state index contributed by atoms with van der Waals surface area (Å²) in [6.45, 7) is 4.34. The van der Waals surface area contributed by atoms with Crippen LogP contribution in [0.15, 0.2) is 0 Å². The Kier molecular flexibility index (Phi) is 9.04. The number of nitriles is 1. The predicted octanol–water partition coefficient (Wildman–Crippen LogP) is 0.326. The van der Waals surface area contributed by atoms with Crippen molar-refractivity contribution in [3.05, 3.63) is 0 Å². The molecule has 10 nitrogen and oxygen atoms in total. The van der Waals surface area contributed by atoms with Crippen LogP contribution in [-0.2, 0) is 42.9 Å². The summed E-state index contributed by atoms with van der Waals surface area (Å²) in [6, 6.07) is 1.92. The first-order valence-corrected chi connectivity index (χ1v) is 8.99. The third-order valence-corrected chi connectivity index (χ3v) is 4.26. The number of hydrogen-bond acceptors (Lipinski definition) is 11. The molecule has 1 aliphatic rings. The average molecular weight is 403 g/mol. The molecule has 0 aliphatic carbocycles. The van der Waals surface area contributed by atoms with Gasteiger partial charge in [-0.05, 0) is 0 Å². The molecule has 0 unspecified atom stereocenters. The monoisotopic (exact) mass is 403 g/mol. The smallest absolute Gasteiger partial charge is 0.303 e. The van der Waals surface area contributed by atoms with E-state index in [0.29, 0.717) is 0 Å². The lowest BCUT2D eigenvalue weighted by atomic mass is 9.99. The molecule has 0 aromatic heterocycles. The molecular weight excluding hydrogens is 382 g/mol. The van der Waals surface area contributed by atoms with Crippen LogP contribution >= 0.6 is 11.8 Å². The Hall–Kier alpha value is -2.32. The van der Waals surface area contributed by atoms with Gasteiger partial charge < -0.3 is 23.7 Å². The molecule has 0 spiro atoms. The first-order valence-electron chi connectivity index (χ1n) is 7.94. The van der Waals surface area contributed by atoms with Gasteiger partial charge in [0.1, 0.15) is 18.1 Å². The van der Waals surface area contributed by atoms with Gasteiger partial charge in [-0.15, -0.1) is 11.8 Å². The van der Waals surface area contributed by atoms with Gasteiger partial charge in [0.15, 0.2) is 18.3 Å². The molecule has 0 amide bonds. The fourth-order valence-electron chi connectivity index (χ4n) is 2.44. The molecule has 1 heterocycles. The minimum Gasteiger partial charge on any atom is -0.463 e. The number of thioether (sulfide) groups is 1. The fourth-order valence-corrected chi connectivity index (χ4v) is 3.30. The zero-order valence-electron chi connectivity index (χ0n) is 15.3. The predicted molar refractivity (Wildman–Crippen MR) is 90.0 cm³/mol. The molecule has 5 atom stereocenters. The molecule has 0 bridgehead atoms. The maximum atomic E-state index is 11.6. The van der Waals surface area contributed by atoms with Crippen molar-refractivity contribution >= 4 is 35.6 Å². The summed E-state index contributed by atoms with van der Waals surface area (Å²) in [5.41, 5.74) is -0.912. The third-order valence-electron chi connectivity index (χ3n) is 3.26. The molecular formula is C16H21NO9S. The number of hydrogen-bond donors (Lipinski definition) is 0. The van der Waals surface area contributed by atoms with E-state index >= 15 is 0 Å². The zero-order valence-corrected chi connectivity index (χ0v) is 16.1. The second kappa shape index (κ2) is 10.7. The van der Waals surface area contributed by atoms with Crippen molar-refractivity contribution in [2.24, 2.45) is 0 Å². The third kappa shape index (κ3) is 7.44. The number of ether oxygens (including phenoxy) is 5. The standard InChI is InChI=1S/C16H21NO9S/c1-8(18)22-7-12-13(23-9(2)19)14(24-10(3)20)15(25-11(4)21)16(26-12)27-6-5-17/h12-16H,6-7H2,1-4H3/t12-,13+,14-,15+,16+/m0/s1. The highest BCUT2D eigenvalue weighted by Gasteiger charge is 2.52. The van der Waals surface area contributed by atoms with Crippen LogP contribution in [0.5, 0.6) is 0 Å². The van der Waals surface area contributed by atoms with Crippen LogP contribution in [0.4, 0.5) is 0 Å². The van der Waals surface area contributed by atoms with Crippen molar-refractivity contribution in [3.63, 3.8) is 0 Å². The molecule has 27 heavy (non-hydrogen) atoms. The Morgan fingerprint density at radius 2 is 1.41 bits per heavy atom. The van der Waals surface area contributed by atoms with E-state index in [4.69, 9.17) is 28.9 Å². The summed E-state index contributed by atoms with van der Waals surface area (Å²) in [5, 5.41) is 8.83. The van der Waals surface area contributed by atoms with E-state index in [1.807, 2.05) is 6.07 Å². The molecule has 1 rings (SSSR count). The zero-order chi connectivity index (χ0) is 20.6. The van der Waals surface area contributed by atoms with Gasteiger partial charge in [0.25, 0.3) is 0 Å². The van der Waals surface area contributed by atoms with E-state index < -0.39 is 53.7 Å². The molecule has 11 heteroatoms. The highest BCUT2D eigenvalue weighted by Crippen LogP contribution is 2.34. The summed E-state index contributed by atoms with van der Waals surface area (Å²) in [5.74, 6) is -2.67. The fraction of sp³-hybridized carbons (Fsp3) is 0.688. The maximum absolute atomic E-state index is 11.6. The van der Waals surface area contributed by atoms with Gasteiger partial charge in [0.2, 0.25) is 0 Å². The number of nitrogens with zero attached hydrogens (tertiary/aromatic N) is 1. The molecule has 150 valence electrons. The Morgan fingerprint density at radius 1 is 0.889 bits per heavy atom. The highest BCUT2D eigenvalue weighted by molar-refractivity contribution is 8.00. The Labute approximate surface area is 160 Å². The molecule has 0 radical (unpaired) electrons. The van der Waals surface area contributed by atoms with Crippen LogP contribution in [0.2, 0.25) is 0 Å². The van der Waals surface area contributed by atoms with Crippen LogP contribution in [0, 0.1) is 11.3 Å². The van der Waals surface area contributed by atoms with E-state index in [1.54, 1.807) is 0 Å². The lowest BCUT2D eigenvalue weighted by molar-refractivity contribution is -0.237. The number of carbonyl (C=O) groups excluding carboxylic acids is 4. The van der Waals surface area contributed by atoms with E-state index in [-0.39, 0.29) is 12.4 Å². The normalized spacial score (nSPS) is 27.0. The van der Waals surface area contributed by atoms with Gasteiger partial charge in [-0.25, -0.2) is 0 Å². The largest absolute Gasteiger partial charge is 0.463 e. The van der Waals surface area contributed by atoms with Crippen LogP contribution in [0.3, 0.4) is 0 Å². The van der Waals surface area contributed by atoms with Crippen LogP contribution < -0.4 is 0 Å². The molecule has 1 fully saturated rings. The highest BCUT2D eigenvalue weighted by atomic mass is 32.2. The second-order valence-corrected chi connectivity index (χ2v) is 6.62. The summed E-state index contributed by atoms with van der Waals surface area (Å²) >= 11 is 1.00. The van der Waals surface area contributed by atoms with Crippen molar-refractivity contribution in [1.82, 2.24) is 0 Å². The van der Waals surface area contributed by atoms with Crippen molar-refractivity contribution in [1.29, 1.82) is 5.26 Å². The molecule has 0 aromatic carbocycles. The number of rotatable bonds is 7. The molecule has 0 saturated carbocycles. The first-order chi connectivity index (χ1) is 12.6. The molecule has 0 N–H and O–H groups in total. The molecule has 1 aliphatic heterocycles. The van der Waals surface area contributed by atoms with E-state index in [1.165, 1.54) is 6.92 Å². The number of carbonyl (C=O) groups is 4. The minimum atomic E-state index is -1.21. The van der Waals surface area contributed by atoms with Crippen molar-refractivity contribution < 1.29 is 42.9 Å². The lowest BCUT2D eigenvalue weighted by Gasteiger charge is -2.44. The van der Waals surface area contributed by atoms with Gasteiger partial charge in [0.05, 0.1) is 11.8 Å². The second-order valence-electron chi connectivity index (χ2n) is 5.54. The van der Waals surface area contributed by atoms with Gasteiger partial charge in [-0.3, -0.25) is 19.2 Å².